The first-order valence-electron chi connectivity index (χ1n) is 3.56. The number of nitrogens with two attached hydrogens (primary N) is 2. The molecule has 1 unspecified atom stereocenters. The Morgan fingerprint density at radius 2 is 2.08 bits per heavy atom. The normalized spacial score (nSPS) is 12.9. The van der Waals surface area contributed by atoms with Crippen LogP contribution in [0.25, 0.3) is 0 Å². The highest BCUT2D eigenvalue weighted by molar-refractivity contribution is 5.50. The molecule has 0 aliphatic rings. The number of phenols is 1. The van der Waals surface area contributed by atoms with Gasteiger partial charge in [-0.3, -0.25) is 0 Å². The molecule has 0 saturated carbocycles. The Kier molecular flexibility index (Phi) is 2.19. The van der Waals surface area contributed by atoms with Crippen molar-refractivity contribution in [1.82, 2.24) is 0 Å². The van der Waals surface area contributed by atoms with Crippen molar-refractivity contribution in [3.05, 3.63) is 23.5 Å². The third kappa shape index (κ3) is 1.33. The summed E-state index contributed by atoms with van der Waals surface area (Å²) in [7, 11) is 0. The molecule has 1 aromatic rings. The predicted octanol–water partition coefficient (Wildman–Crippen LogP) is 1.13. The lowest BCUT2D eigenvalue weighted by atomic mass is 10.1. The van der Waals surface area contributed by atoms with E-state index in [2.05, 4.69) is 0 Å². The average molecular weight is 170 g/mol. The van der Waals surface area contributed by atoms with Crippen LogP contribution in [0.15, 0.2) is 12.1 Å². The molecule has 0 fully saturated rings. The van der Waals surface area contributed by atoms with Crippen molar-refractivity contribution in [2.24, 2.45) is 5.73 Å². The van der Waals surface area contributed by atoms with Crippen LogP contribution in [0.3, 0.4) is 0 Å². The molecular weight excluding hydrogens is 159 g/mol. The minimum Gasteiger partial charge on any atom is -0.505 e. The summed E-state index contributed by atoms with van der Waals surface area (Å²) in [5.74, 6) is -1.25. The maximum absolute atomic E-state index is 12.9. The van der Waals surface area contributed by atoms with Crippen LogP contribution in [0.1, 0.15) is 18.5 Å². The third-order valence-electron chi connectivity index (χ3n) is 1.67. The molecule has 1 atom stereocenters. The van der Waals surface area contributed by atoms with Crippen LogP contribution in [0.2, 0.25) is 0 Å². The van der Waals surface area contributed by atoms with E-state index in [9.17, 15) is 9.50 Å². The second kappa shape index (κ2) is 2.98. The molecule has 5 N–H and O–H groups in total. The highest BCUT2D eigenvalue weighted by Crippen LogP contribution is 2.28. The monoisotopic (exact) mass is 170 g/mol. The minimum atomic E-state index is -0.801. The summed E-state index contributed by atoms with van der Waals surface area (Å²) in [6.45, 7) is 1.66. The van der Waals surface area contributed by atoms with Gasteiger partial charge in [0.2, 0.25) is 0 Å². The van der Waals surface area contributed by atoms with E-state index in [0.717, 1.165) is 0 Å². The van der Waals surface area contributed by atoms with Crippen molar-refractivity contribution in [1.29, 1.82) is 0 Å². The van der Waals surface area contributed by atoms with E-state index < -0.39 is 17.6 Å². The second-order valence-electron chi connectivity index (χ2n) is 2.70. The molecule has 0 aromatic heterocycles. The molecule has 0 heterocycles. The smallest absolute Gasteiger partial charge is 0.187 e. The molecule has 1 rings (SSSR count). The van der Waals surface area contributed by atoms with E-state index in [0.29, 0.717) is 5.56 Å². The van der Waals surface area contributed by atoms with Gasteiger partial charge in [0.25, 0.3) is 0 Å². The van der Waals surface area contributed by atoms with Gasteiger partial charge in [0.05, 0.1) is 5.69 Å². The Morgan fingerprint density at radius 3 is 2.58 bits per heavy atom. The maximum atomic E-state index is 12.9. The van der Waals surface area contributed by atoms with Gasteiger partial charge in [0.1, 0.15) is 0 Å². The Hall–Kier alpha value is -1.29. The summed E-state index contributed by atoms with van der Waals surface area (Å²) in [6.07, 6.45) is 0. The van der Waals surface area contributed by atoms with Crippen molar-refractivity contribution in [3.8, 4) is 5.75 Å². The lowest BCUT2D eigenvalue weighted by molar-refractivity contribution is 0.424. The number of anilines is 1. The average Bonchev–Trinajstić information content (AvgIpc) is 2.00. The van der Waals surface area contributed by atoms with Gasteiger partial charge in [0, 0.05) is 11.6 Å². The van der Waals surface area contributed by atoms with Crippen LogP contribution < -0.4 is 11.5 Å². The van der Waals surface area contributed by atoms with Gasteiger partial charge >= 0.3 is 0 Å². The number of halogens is 1. The number of rotatable bonds is 1. The summed E-state index contributed by atoms with van der Waals surface area (Å²) < 4.78 is 12.9. The van der Waals surface area contributed by atoms with Gasteiger partial charge < -0.3 is 16.6 Å². The lowest BCUT2D eigenvalue weighted by Gasteiger charge is -2.09. The fraction of sp³-hybridized carbons (Fsp3) is 0.250. The van der Waals surface area contributed by atoms with Crippen molar-refractivity contribution in [2.45, 2.75) is 13.0 Å². The van der Waals surface area contributed by atoms with Gasteiger partial charge in [0.15, 0.2) is 11.6 Å². The van der Waals surface area contributed by atoms with Crippen LogP contribution >= 0.6 is 0 Å². The van der Waals surface area contributed by atoms with Crippen LogP contribution in [-0.4, -0.2) is 5.11 Å². The third-order valence-corrected chi connectivity index (χ3v) is 1.67. The quantitative estimate of drug-likeness (QED) is 0.553. The zero-order valence-electron chi connectivity index (χ0n) is 6.71. The molecule has 0 saturated heterocycles. The van der Waals surface area contributed by atoms with Crippen molar-refractivity contribution in [3.63, 3.8) is 0 Å². The van der Waals surface area contributed by atoms with Crippen molar-refractivity contribution >= 4 is 5.69 Å². The van der Waals surface area contributed by atoms with Crippen molar-refractivity contribution in [2.75, 3.05) is 5.73 Å². The minimum absolute atomic E-state index is 0.0723. The molecule has 0 amide bonds. The summed E-state index contributed by atoms with van der Waals surface area (Å²) in [6, 6.07) is 2.49. The highest BCUT2D eigenvalue weighted by atomic mass is 19.1. The molecule has 0 radical (unpaired) electrons. The number of benzene rings is 1. The summed E-state index contributed by atoms with van der Waals surface area (Å²) in [4.78, 5) is 0. The molecule has 3 nitrogen and oxygen atoms in total. The van der Waals surface area contributed by atoms with Crippen LogP contribution in [-0.2, 0) is 0 Å². The number of aromatic hydroxyl groups is 1. The molecule has 12 heavy (non-hydrogen) atoms. The molecule has 66 valence electrons. The number of hydrogen-bond donors (Lipinski definition) is 3. The maximum Gasteiger partial charge on any atom is 0.187 e. The molecule has 4 heteroatoms. The molecule has 0 aliphatic carbocycles. The lowest BCUT2D eigenvalue weighted by Crippen LogP contribution is -2.06. The van der Waals surface area contributed by atoms with E-state index in [1.807, 2.05) is 0 Å². The Balaban J connectivity index is 3.27. The van der Waals surface area contributed by atoms with E-state index in [1.54, 1.807) is 6.92 Å². The number of hydrogen-bond acceptors (Lipinski definition) is 3. The first-order valence-corrected chi connectivity index (χ1v) is 3.56. The highest BCUT2D eigenvalue weighted by Gasteiger charge is 2.12. The van der Waals surface area contributed by atoms with Crippen LogP contribution in [0.5, 0.6) is 5.75 Å². The molecular formula is C8H11FN2O. The second-order valence-corrected chi connectivity index (χ2v) is 2.70. The fourth-order valence-electron chi connectivity index (χ4n) is 0.963. The number of nitrogen functional groups attached to an aromatic ring is 1. The van der Waals surface area contributed by atoms with Crippen molar-refractivity contribution < 1.29 is 9.50 Å². The topological polar surface area (TPSA) is 72.3 Å². The van der Waals surface area contributed by atoms with Gasteiger partial charge in [-0.1, -0.05) is 6.07 Å². The van der Waals surface area contributed by atoms with Gasteiger partial charge in [-0.2, -0.15) is 0 Å². The van der Waals surface area contributed by atoms with E-state index in [1.165, 1.54) is 12.1 Å². The largest absolute Gasteiger partial charge is 0.505 e. The van der Waals surface area contributed by atoms with E-state index >= 15 is 0 Å². The Bertz CT molecular complexity index is 299. The zero-order chi connectivity index (χ0) is 9.30. The summed E-state index contributed by atoms with van der Waals surface area (Å²) >= 11 is 0. The Morgan fingerprint density at radius 1 is 1.50 bits per heavy atom. The Labute approximate surface area is 69.8 Å². The summed E-state index contributed by atoms with van der Waals surface area (Å²) in [5.41, 5.74) is 11.0. The summed E-state index contributed by atoms with van der Waals surface area (Å²) in [5, 5.41) is 9.21. The predicted molar refractivity (Wildman–Crippen MR) is 45.1 cm³/mol. The molecule has 0 spiro atoms. The molecule has 0 bridgehead atoms. The fourth-order valence-corrected chi connectivity index (χ4v) is 0.963. The van der Waals surface area contributed by atoms with Crippen LogP contribution in [0, 0.1) is 5.82 Å². The van der Waals surface area contributed by atoms with Crippen LogP contribution in [0.4, 0.5) is 10.1 Å². The molecule has 0 aliphatic heterocycles. The first kappa shape index (κ1) is 8.80. The van der Waals surface area contributed by atoms with Gasteiger partial charge in [-0.25, -0.2) is 4.39 Å². The van der Waals surface area contributed by atoms with E-state index in [-0.39, 0.29) is 5.69 Å². The van der Waals surface area contributed by atoms with Gasteiger partial charge in [-0.05, 0) is 13.0 Å². The van der Waals surface area contributed by atoms with Gasteiger partial charge in [-0.15, -0.1) is 0 Å². The standard InChI is InChI=1S/C8H11FN2O/c1-4(10)5-2-3-6(11)7(9)8(5)12/h2-4,12H,10-11H2,1H3. The zero-order valence-corrected chi connectivity index (χ0v) is 6.71. The first-order chi connectivity index (χ1) is 5.54. The number of phenolic OH excluding ortho intramolecular Hbond substituents is 1. The van der Waals surface area contributed by atoms with E-state index in [4.69, 9.17) is 11.5 Å². The molecule has 1 aromatic carbocycles. The SMILES string of the molecule is CC(N)c1ccc(N)c(F)c1O.